The van der Waals surface area contributed by atoms with Gasteiger partial charge in [0.25, 0.3) is 0 Å². The van der Waals surface area contributed by atoms with Crippen LogP contribution in [-0.2, 0) is 4.79 Å². The largest absolute Gasteiger partial charge is 0.490 e. The van der Waals surface area contributed by atoms with Crippen LogP contribution in [0.4, 0.5) is 0 Å². The third-order valence-corrected chi connectivity index (χ3v) is 4.34. The van der Waals surface area contributed by atoms with E-state index in [0.29, 0.717) is 30.1 Å². The first kappa shape index (κ1) is 20.2. The second-order valence-corrected chi connectivity index (χ2v) is 6.79. The monoisotopic (exact) mass is 388 g/mol. The average molecular weight is 388 g/mol. The number of carbonyl (C=O) groups is 1. The third-order valence-electron chi connectivity index (χ3n) is 4.34. The highest BCUT2D eigenvalue weighted by Crippen LogP contribution is 2.25. The van der Waals surface area contributed by atoms with Gasteiger partial charge in [0.1, 0.15) is 24.7 Å². The van der Waals surface area contributed by atoms with Crippen LogP contribution in [-0.4, -0.2) is 24.3 Å². The molecule has 148 valence electrons. The smallest absolute Gasteiger partial charge is 0.336 e. The highest BCUT2D eigenvalue weighted by Gasteiger charge is 2.12. The highest BCUT2D eigenvalue weighted by atomic mass is 16.5. The Morgan fingerprint density at radius 2 is 1.48 bits per heavy atom. The summed E-state index contributed by atoms with van der Waals surface area (Å²) in [6.45, 7) is 4.81. The number of rotatable bonds is 8. The minimum absolute atomic E-state index is 0.216. The van der Waals surface area contributed by atoms with Crippen molar-refractivity contribution >= 4 is 17.6 Å². The maximum Gasteiger partial charge on any atom is 0.336 e. The van der Waals surface area contributed by atoms with E-state index in [1.807, 2.05) is 68.4 Å². The summed E-state index contributed by atoms with van der Waals surface area (Å²) in [6.07, 6.45) is 1.64. The van der Waals surface area contributed by atoms with Crippen LogP contribution >= 0.6 is 0 Å². The standard InChI is InChI=1S/C25H24O4/c1-18-14-19(2)16-22(15-18)28-12-13-29-24-11-7-6-10-21(24)17-23(25(26)27)20-8-4-3-5-9-20/h3-11,14-17H,12-13H2,1-2H3,(H,26,27)/b23-17-. The lowest BCUT2D eigenvalue weighted by Crippen LogP contribution is -2.10. The zero-order valence-corrected chi connectivity index (χ0v) is 16.6. The van der Waals surface area contributed by atoms with Crippen molar-refractivity contribution in [3.8, 4) is 11.5 Å². The fraction of sp³-hybridized carbons (Fsp3) is 0.160. The van der Waals surface area contributed by atoms with Crippen LogP contribution in [0.1, 0.15) is 22.3 Å². The van der Waals surface area contributed by atoms with Gasteiger partial charge >= 0.3 is 5.97 Å². The van der Waals surface area contributed by atoms with Gasteiger partial charge in [0, 0.05) is 5.56 Å². The van der Waals surface area contributed by atoms with Gasteiger partial charge < -0.3 is 14.6 Å². The van der Waals surface area contributed by atoms with Crippen molar-refractivity contribution < 1.29 is 19.4 Å². The first-order valence-corrected chi connectivity index (χ1v) is 9.46. The lowest BCUT2D eigenvalue weighted by Gasteiger charge is -2.12. The molecule has 0 saturated heterocycles. The van der Waals surface area contributed by atoms with Crippen molar-refractivity contribution in [3.05, 3.63) is 95.1 Å². The minimum Gasteiger partial charge on any atom is -0.490 e. The Morgan fingerprint density at radius 3 is 2.17 bits per heavy atom. The molecule has 1 N–H and O–H groups in total. The van der Waals surface area contributed by atoms with E-state index < -0.39 is 5.97 Å². The average Bonchev–Trinajstić information content (AvgIpc) is 2.70. The van der Waals surface area contributed by atoms with Gasteiger partial charge in [0.15, 0.2) is 0 Å². The van der Waals surface area contributed by atoms with Crippen LogP contribution in [0.2, 0.25) is 0 Å². The van der Waals surface area contributed by atoms with E-state index >= 15 is 0 Å². The van der Waals surface area contributed by atoms with Gasteiger partial charge in [0.2, 0.25) is 0 Å². The molecule has 0 unspecified atom stereocenters. The Labute approximate surface area is 171 Å². The van der Waals surface area contributed by atoms with E-state index in [4.69, 9.17) is 9.47 Å². The number of aryl methyl sites for hydroxylation is 2. The Bertz CT molecular complexity index is 986. The molecule has 0 aliphatic rings. The quantitative estimate of drug-likeness (QED) is 0.319. The van der Waals surface area contributed by atoms with Crippen molar-refractivity contribution in [3.63, 3.8) is 0 Å². The third kappa shape index (κ3) is 5.72. The fourth-order valence-corrected chi connectivity index (χ4v) is 3.10. The van der Waals surface area contributed by atoms with Gasteiger partial charge in [0.05, 0.1) is 5.57 Å². The molecule has 3 aromatic rings. The number of hydrogen-bond acceptors (Lipinski definition) is 3. The molecule has 0 spiro atoms. The topological polar surface area (TPSA) is 55.8 Å². The molecule has 0 radical (unpaired) electrons. The highest BCUT2D eigenvalue weighted by molar-refractivity contribution is 6.20. The molecule has 0 saturated carbocycles. The predicted octanol–water partition coefficient (Wildman–Crippen LogP) is 5.39. The molecular weight excluding hydrogens is 364 g/mol. The number of ether oxygens (including phenoxy) is 2. The molecule has 3 rings (SSSR count). The Kier molecular flexibility index (Phi) is 6.69. The Balaban J connectivity index is 1.71. The van der Waals surface area contributed by atoms with E-state index in [0.717, 1.165) is 16.9 Å². The number of hydrogen-bond donors (Lipinski definition) is 1. The van der Waals surface area contributed by atoms with Crippen molar-refractivity contribution in [2.45, 2.75) is 13.8 Å². The van der Waals surface area contributed by atoms with Crippen molar-refractivity contribution in [2.24, 2.45) is 0 Å². The minimum atomic E-state index is -0.982. The summed E-state index contributed by atoms with van der Waals surface area (Å²) in [5, 5.41) is 9.63. The Morgan fingerprint density at radius 1 is 0.862 bits per heavy atom. The molecule has 0 aliphatic carbocycles. The summed E-state index contributed by atoms with van der Waals surface area (Å²) in [4.78, 5) is 11.8. The zero-order chi connectivity index (χ0) is 20.6. The van der Waals surface area contributed by atoms with Crippen LogP contribution in [0.15, 0.2) is 72.8 Å². The van der Waals surface area contributed by atoms with E-state index in [2.05, 4.69) is 6.07 Å². The van der Waals surface area contributed by atoms with Crippen LogP contribution in [0.5, 0.6) is 11.5 Å². The summed E-state index contributed by atoms with van der Waals surface area (Å²) in [5.74, 6) is 0.451. The van der Waals surface area contributed by atoms with Crippen LogP contribution in [0, 0.1) is 13.8 Å². The second-order valence-electron chi connectivity index (χ2n) is 6.79. The van der Waals surface area contributed by atoms with Crippen LogP contribution in [0.3, 0.4) is 0 Å². The first-order valence-electron chi connectivity index (χ1n) is 9.46. The van der Waals surface area contributed by atoms with Crippen LogP contribution < -0.4 is 9.47 Å². The molecule has 4 nitrogen and oxygen atoms in total. The van der Waals surface area contributed by atoms with E-state index in [-0.39, 0.29) is 5.57 Å². The van der Waals surface area contributed by atoms with Crippen molar-refractivity contribution in [1.29, 1.82) is 0 Å². The summed E-state index contributed by atoms with van der Waals surface area (Å²) in [6, 6.07) is 22.5. The molecule has 29 heavy (non-hydrogen) atoms. The second kappa shape index (κ2) is 9.60. The number of aliphatic carboxylic acids is 1. The normalized spacial score (nSPS) is 11.2. The number of benzene rings is 3. The molecule has 0 bridgehead atoms. The molecular formula is C25H24O4. The van der Waals surface area contributed by atoms with Gasteiger partial charge in [-0.3, -0.25) is 0 Å². The van der Waals surface area contributed by atoms with Gasteiger partial charge in [-0.05, 0) is 54.8 Å². The lowest BCUT2D eigenvalue weighted by molar-refractivity contribution is -0.130. The van der Waals surface area contributed by atoms with Gasteiger partial charge in [-0.1, -0.05) is 54.6 Å². The van der Waals surface area contributed by atoms with Crippen LogP contribution in [0.25, 0.3) is 11.6 Å². The van der Waals surface area contributed by atoms with Gasteiger partial charge in [-0.15, -0.1) is 0 Å². The molecule has 0 aliphatic heterocycles. The maximum atomic E-state index is 11.8. The maximum absolute atomic E-state index is 11.8. The molecule has 0 amide bonds. The molecule has 4 heteroatoms. The first-order chi connectivity index (χ1) is 14.0. The lowest BCUT2D eigenvalue weighted by atomic mass is 10.0. The SMILES string of the molecule is Cc1cc(C)cc(OCCOc2ccccc2/C=C(\C(=O)O)c2ccccc2)c1. The number of carboxylic acids is 1. The van der Waals surface area contributed by atoms with Gasteiger partial charge in [-0.2, -0.15) is 0 Å². The van der Waals surface area contributed by atoms with E-state index in [1.54, 1.807) is 18.2 Å². The number of para-hydroxylation sites is 1. The van der Waals surface area contributed by atoms with Crippen molar-refractivity contribution in [1.82, 2.24) is 0 Å². The molecule has 0 atom stereocenters. The summed E-state index contributed by atoms with van der Waals surface area (Å²) in [7, 11) is 0. The molecule has 0 aromatic heterocycles. The fourth-order valence-electron chi connectivity index (χ4n) is 3.10. The zero-order valence-electron chi connectivity index (χ0n) is 16.6. The predicted molar refractivity (Wildman–Crippen MR) is 115 cm³/mol. The molecule has 3 aromatic carbocycles. The van der Waals surface area contributed by atoms with E-state index in [1.165, 1.54) is 0 Å². The van der Waals surface area contributed by atoms with E-state index in [9.17, 15) is 9.90 Å². The Hall–Kier alpha value is -3.53. The summed E-state index contributed by atoms with van der Waals surface area (Å²) >= 11 is 0. The number of carboxylic acid groups (broad SMARTS) is 1. The van der Waals surface area contributed by atoms with Crippen molar-refractivity contribution in [2.75, 3.05) is 13.2 Å². The molecule has 0 fully saturated rings. The van der Waals surface area contributed by atoms with Gasteiger partial charge in [-0.25, -0.2) is 4.79 Å². The molecule has 0 heterocycles. The summed E-state index contributed by atoms with van der Waals surface area (Å²) < 4.78 is 11.7. The summed E-state index contributed by atoms with van der Waals surface area (Å²) in [5.41, 5.74) is 3.87.